The maximum absolute atomic E-state index is 12.2. The SMILES string of the molecule is COc1ccc(Cl)cc1CNC(=O)NCC1CCCOC1C(C)(C)C. The first-order chi connectivity index (χ1) is 11.8. The summed E-state index contributed by atoms with van der Waals surface area (Å²) in [6, 6.07) is 5.16. The van der Waals surface area contributed by atoms with Crippen LogP contribution in [-0.4, -0.2) is 32.4 Å². The third-order valence-corrected chi connectivity index (χ3v) is 4.74. The lowest BCUT2D eigenvalue weighted by Gasteiger charge is -2.40. The number of hydrogen-bond acceptors (Lipinski definition) is 3. The maximum atomic E-state index is 12.2. The predicted octanol–water partition coefficient (Wildman–Crippen LogP) is 3.99. The molecule has 2 amide bonds. The number of ether oxygens (including phenoxy) is 2. The number of carbonyl (C=O) groups excluding carboxylic acids is 1. The first-order valence-corrected chi connectivity index (χ1v) is 9.15. The van der Waals surface area contributed by atoms with Gasteiger partial charge in [0.25, 0.3) is 0 Å². The summed E-state index contributed by atoms with van der Waals surface area (Å²) in [5.74, 6) is 1.04. The largest absolute Gasteiger partial charge is 0.496 e. The maximum Gasteiger partial charge on any atom is 0.315 e. The second-order valence-electron chi connectivity index (χ2n) is 7.58. The van der Waals surface area contributed by atoms with Gasteiger partial charge in [0, 0.05) is 36.2 Å². The summed E-state index contributed by atoms with van der Waals surface area (Å²) >= 11 is 6.01. The molecule has 5 nitrogen and oxygen atoms in total. The molecule has 1 saturated heterocycles. The molecule has 0 bridgehead atoms. The monoisotopic (exact) mass is 368 g/mol. The van der Waals surface area contributed by atoms with E-state index in [0.717, 1.165) is 25.0 Å². The van der Waals surface area contributed by atoms with Crippen LogP contribution in [-0.2, 0) is 11.3 Å². The Morgan fingerprint density at radius 1 is 1.36 bits per heavy atom. The van der Waals surface area contributed by atoms with Crippen molar-refractivity contribution in [2.75, 3.05) is 20.3 Å². The van der Waals surface area contributed by atoms with Crippen molar-refractivity contribution in [1.82, 2.24) is 10.6 Å². The quantitative estimate of drug-likeness (QED) is 0.826. The molecule has 6 heteroatoms. The van der Waals surface area contributed by atoms with Crippen LogP contribution < -0.4 is 15.4 Å². The Hall–Kier alpha value is -1.46. The van der Waals surface area contributed by atoms with Crippen molar-refractivity contribution in [2.24, 2.45) is 11.3 Å². The third-order valence-electron chi connectivity index (χ3n) is 4.51. The highest BCUT2D eigenvalue weighted by Gasteiger charge is 2.35. The van der Waals surface area contributed by atoms with Gasteiger partial charge in [0.15, 0.2) is 0 Å². The van der Waals surface area contributed by atoms with Crippen molar-refractivity contribution in [3.8, 4) is 5.75 Å². The number of carbonyl (C=O) groups is 1. The Morgan fingerprint density at radius 3 is 2.80 bits per heavy atom. The van der Waals surface area contributed by atoms with Crippen LogP contribution in [0.3, 0.4) is 0 Å². The normalized spacial score (nSPS) is 20.8. The Morgan fingerprint density at radius 2 is 2.12 bits per heavy atom. The first kappa shape index (κ1) is 19.9. The fourth-order valence-corrected chi connectivity index (χ4v) is 3.55. The summed E-state index contributed by atoms with van der Waals surface area (Å²) in [5.41, 5.74) is 0.913. The van der Waals surface area contributed by atoms with Crippen molar-refractivity contribution >= 4 is 17.6 Å². The molecular weight excluding hydrogens is 340 g/mol. The van der Waals surface area contributed by atoms with Crippen LogP contribution in [0.1, 0.15) is 39.2 Å². The summed E-state index contributed by atoms with van der Waals surface area (Å²) in [6.45, 7) is 8.32. The number of rotatable bonds is 5. The predicted molar refractivity (Wildman–Crippen MR) is 100 cm³/mol. The minimum Gasteiger partial charge on any atom is -0.496 e. The van der Waals surface area contributed by atoms with E-state index in [9.17, 15) is 4.79 Å². The Labute approximate surface area is 155 Å². The standard InChI is InChI=1S/C19H29ClN2O3/c1-19(2,3)17-13(6-5-9-25-17)11-21-18(23)22-12-14-10-15(20)7-8-16(14)24-4/h7-8,10,13,17H,5-6,9,11-12H2,1-4H3,(H2,21,22,23). The van der Waals surface area contributed by atoms with Crippen LogP contribution in [0.5, 0.6) is 5.75 Å². The zero-order valence-corrected chi connectivity index (χ0v) is 16.3. The van der Waals surface area contributed by atoms with E-state index in [1.807, 2.05) is 0 Å². The van der Waals surface area contributed by atoms with Crippen LogP contribution >= 0.6 is 11.6 Å². The highest BCUT2D eigenvalue weighted by molar-refractivity contribution is 6.30. The van der Waals surface area contributed by atoms with Gasteiger partial charge in [0.2, 0.25) is 0 Å². The van der Waals surface area contributed by atoms with Crippen LogP contribution in [0.4, 0.5) is 4.79 Å². The number of methoxy groups -OCH3 is 1. The molecule has 2 N–H and O–H groups in total. The van der Waals surface area contributed by atoms with Crippen LogP contribution in [0, 0.1) is 11.3 Å². The van der Waals surface area contributed by atoms with Gasteiger partial charge in [-0.25, -0.2) is 4.79 Å². The number of hydrogen-bond donors (Lipinski definition) is 2. The number of amides is 2. The van der Waals surface area contributed by atoms with Crippen molar-refractivity contribution in [1.29, 1.82) is 0 Å². The first-order valence-electron chi connectivity index (χ1n) is 8.77. The minimum absolute atomic E-state index is 0.0669. The van der Waals surface area contributed by atoms with E-state index in [1.165, 1.54) is 0 Å². The lowest BCUT2D eigenvalue weighted by molar-refractivity contribution is -0.0837. The number of halogens is 1. The van der Waals surface area contributed by atoms with Crippen LogP contribution in [0.15, 0.2) is 18.2 Å². The molecule has 1 fully saturated rings. The van der Waals surface area contributed by atoms with Crippen LogP contribution in [0.2, 0.25) is 5.02 Å². The van der Waals surface area contributed by atoms with E-state index in [-0.39, 0.29) is 17.6 Å². The average molecular weight is 369 g/mol. The van der Waals surface area contributed by atoms with Gasteiger partial charge in [0.05, 0.1) is 13.2 Å². The van der Waals surface area contributed by atoms with Crippen molar-refractivity contribution < 1.29 is 14.3 Å². The number of urea groups is 1. The zero-order chi connectivity index (χ0) is 18.4. The zero-order valence-electron chi connectivity index (χ0n) is 15.5. The Bertz CT molecular complexity index is 587. The second-order valence-corrected chi connectivity index (χ2v) is 8.02. The highest BCUT2D eigenvalue weighted by atomic mass is 35.5. The molecule has 2 rings (SSSR count). The van der Waals surface area contributed by atoms with E-state index >= 15 is 0 Å². The molecule has 25 heavy (non-hydrogen) atoms. The van der Waals surface area contributed by atoms with Gasteiger partial charge in [-0.05, 0) is 36.5 Å². The third kappa shape index (κ3) is 5.79. The molecule has 0 aromatic heterocycles. The molecule has 1 heterocycles. The van der Waals surface area contributed by atoms with E-state index in [2.05, 4.69) is 31.4 Å². The van der Waals surface area contributed by atoms with E-state index < -0.39 is 0 Å². The topological polar surface area (TPSA) is 59.6 Å². The van der Waals surface area contributed by atoms with E-state index in [1.54, 1.807) is 25.3 Å². The molecule has 2 unspecified atom stereocenters. The molecule has 1 aromatic rings. The van der Waals surface area contributed by atoms with Gasteiger partial charge in [0.1, 0.15) is 5.75 Å². The van der Waals surface area contributed by atoms with Gasteiger partial charge >= 0.3 is 6.03 Å². The smallest absolute Gasteiger partial charge is 0.315 e. The number of nitrogens with one attached hydrogen (secondary N) is 2. The lowest BCUT2D eigenvalue weighted by atomic mass is 9.78. The molecule has 0 spiro atoms. The molecule has 140 valence electrons. The van der Waals surface area contributed by atoms with E-state index in [0.29, 0.717) is 29.8 Å². The molecule has 1 aliphatic heterocycles. The van der Waals surface area contributed by atoms with Gasteiger partial charge in [-0.15, -0.1) is 0 Å². The highest BCUT2D eigenvalue weighted by Crippen LogP contribution is 2.33. The van der Waals surface area contributed by atoms with Crippen molar-refractivity contribution in [3.05, 3.63) is 28.8 Å². The molecule has 2 atom stereocenters. The van der Waals surface area contributed by atoms with Crippen molar-refractivity contribution in [3.63, 3.8) is 0 Å². The summed E-state index contributed by atoms with van der Waals surface area (Å²) in [4.78, 5) is 12.2. The second kappa shape index (κ2) is 8.77. The van der Waals surface area contributed by atoms with Gasteiger partial charge < -0.3 is 20.1 Å². The molecule has 0 radical (unpaired) electrons. The molecular formula is C19H29ClN2O3. The van der Waals surface area contributed by atoms with E-state index in [4.69, 9.17) is 21.1 Å². The van der Waals surface area contributed by atoms with Gasteiger partial charge in [-0.1, -0.05) is 32.4 Å². The fourth-order valence-electron chi connectivity index (χ4n) is 3.36. The Balaban J connectivity index is 1.85. The van der Waals surface area contributed by atoms with Crippen LogP contribution in [0.25, 0.3) is 0 Å². The Kier molecular flexibility index (Phi) is 6.96. The van der Waals surface area contributed by atoms with Crippen molar-refractivity contribution in [2.45, 2.75) is 46.3 Å². The summed E-state index contributed by atoms with van der Waals surface area (Å²) in [5, 5.41) is 6.45. The molecule has 1 aliphatic rings. The fraction of sp³-hybridized carbons (Fsp3) is 0.632. The summed E-state index contributed by atoms with van der Waals surface area (Å²) in [6.07, 6.45) is 2.28. The minimum atomic E-state index is -0.194. The summed E-state index contributed by atoms with van der Waals surface area (Å²) < 4.78 is 11.2. The average Bonchev–Trinajstić information content (AvgIpc) is 2.57. The summed E-state index contributed by atoms with van der Waals surface area (Å²) in [7, 11) is 1.60. The molecule has 1 aromatic carbocycles. The number of benzene rings is 1. The molecule has 0 aliphatic carbocycles. The van der Waals surface area contributed by atoms with Gasteiger partial charge in [-0.2, -0.15) is 0 Å². The molecule has 0 saturated carbocycles. The lowest BCUT2D eigenvalue weighted by Crippen LogP contribution is -2.46. The van der Waals surface area contributed by atoms with Gasteiger partial charge in [-0.3, -0.25) is 0 Å².